The van der Waals surface area contributed by atoms with Crippen molar-refractivity contribution in [2.45, 2.75) is 11.1 Å². The summed E-state index contributed by atoms with van der Waals surface area (Å²) in [4.78, 5) is -0.341. The summed E-state index contributed by atoms with van der Waals surface area (Å²) < 4.78 is 60.3. The second-order valence-electron chi connectivity index (χ2n) is 3.08. The van der Waals surface area contributed by atoms with E-state index in [0.717, 1.165) is 6.07 Å². The molecule has 0 unspecified atom stereocenters. The molecule has 0 aliphatic rings. The van der Waals surface area contributed by atoms with Gasteiger partial charge in [-0.25, -0.2) is 13.1 Å². The van der Waals surface area contributed by atoms with Gasteiger partial charge < -0.3 is 5.43 Å². The molecule has 0 aliphatic heterocycles. The van der Waals surface area contributed by atoms with Crippen molar-refractivity contribution >= 4 is 15.7 Å². The van der Waals surface area contributed by atoms with Gasteiger partial charge in [0.05, 0.1) is 5.69 Å². The van der Waals surface area contributed by atoms with Crippen molar-refractivity contribution in [1.29, 1.82) is 0 Å². The van der Waals surface area contributed by atoms with Gasteiger partial charge in [-0.2, -0.15) is 13.2 Å². The number of nitrogens with two attached hydrogens (primary N) is 1. The lowest BCUT2D eigenvalue weighted by Crippen LogP contribution is -2.34. The molecule has 0 saturated heterocycles. The number of benzene rings is 1. The number of nitrogen functional groups attached to an aromatic ring is 1. The largest absolute Gasteiger partial charge is 0.402 e. The molecule has 0 amide bonds. The van der Waals surface area contributed by atoms with E-state index in [1.54, 1.807) is 0 Å². The Kier molecular flexibility index (Phi) is 3.96. The number of hydrazine groups is 1. The normalized spacial score (nSPS) is 12.5. The number of nitrogens with one attached hydrogen (secondary N) is 2. The van der Waals surface area contributed by atoms with Gasteiger partial charge in [0.25, 0.3) is 0 Å². The van der Waals surface area contributed by atoms with Crippen molar-refractivity contribution in [3.05, 3.63) is 24.3 Å². The van der Waals surface area contributed by atoms with E-state index in [2.05, 4.69) is 5.43 Å². The predicted molar refractivity (Wildman–Crippen MR) is 55.5 cm³/mol. The van der Waals surface area contributed by atoms with Crippen LogP contribution in [0.1, 0.15) is 0 Å². The van der Waals surface area contributed by atoms with Crippen LogP contribution in [-0.4, -0.2) is 21.1 Å². The SMILES string of the molecule is NNc1ccccc1S(=O)(=O)NCC(F)(F)F. The third kappa shape index (κ3) is 3.88. The molecule has 96 valence electrons. The van der Waals surface area contributed by atoms with Crippen LogP contribution in [0.3, 0.4) is 0 Å². The third-order valence-corrected chi connectivity index (χ3v) is 3.25. The predicted octanol–water partition coefficient (Wildman–Crippen LogP) is 0.813. The fraction of sp³-hybridized carbons (Fsp3) is 0.250. The average molecular weight is 269 g/mol. The molecule has 5 nitrogen and oxygen atoms in total. The number of anilines is 1. The number of alkyl halides is 3. The van der Waals surface area contributed by atoms with Crippen molar-refractivity contribution in [1.82, 2.24) is 4.72 Å². The molecule has 0 spiro atoms. The molecule has 0 atom stereocenters. The fourth-order valence-corrected chi connectivity index (χ4v) is 2.26. The molecule has 0 radical (unpaired) electrons. The number of hydrogen-bond donors (Lipinski definition) is 3. The lowest BCUT2D eigenvalue weighted by Gasteiger charge is -2.12. The quantitative estimate of drug-likeness (QED) is 0.558. The zero-order valence-corrected chi connectivity index (χ0v) is 9.27. The van der Waals surface area contributed by atoms with E-state index in [9.17, 15) is 21.6 Å². The van der Waals surface area contributed by atoms with Crippen LogP contribution in [0.5, 0.6) is 0 Å². The first-order valence-electron chi connectivity index (χ1n) is 4.38. The van der Waals surface area contributed by atoms with Gasteiger partial charge in [-0.05, 0) is 12.1 Å². The van der Waals surface area contributed by atoms with Gasteiger partial charge in [0.2, 0.25) is 10.0 Å². The van der Waals surface area contributed by atoms with E-state index in [-0.39, 0.29) is 10.6 Å². The first-order chi connectivity index (χ1) is 7.76. The van der Waals surface area contributed by atoms with Crippen molar-refractivity contribution in [2.75, 3.05) is 12.0 Å². The van der Waals surface area contributed by atoms with Crippen molar-refractivity contribution in [3.63, 3.8) is 0 Å². The summed E-state index contributed by atoms with van der Waals surface area (Å²) in [6.45, 7) is -1.63. The van der Waals surface area contributed by atoms with Crippen molar-refractivity contribution < 1.29 is 21.6 Å². The molecule has 0 saturated carbocycles. The molecule has 1 aromatic rings. The summed E-state index contributed by atoms with van der Waals surface area (Å²) in [6, 6.07) is 5.36. The summed E-state index contributed by atoms with van der Waals surface area (Å²) in [5.74, 6) is 5.06. The summed E-state index contributed by atoms with van der Waals surface area (Å²) >= 11 is 0. The standard InChI is InChI=1S/C8H10F3N3O2S/c9-8(10,11)5-13-17(15,16)7-4-2-1-3-6(7)14-12/h1-4,13-14H,5,12H2. The minimum atomic E-state index is -4.61. The molecule has 0 aliphatic carbocycles. The van der Waals surface area contributed by atoms with Crippen LogP contribution in [0.2, 0.25) is 0 Å². The molecule has 9 heteroatoms. The molecule has 0 aromatic heterocycles. The molecule has 17 heavy (non-hydrogen) atoms. The molecule has 1 aromatic carbocycles. The van der Waals surface area contributed by atoms with Crippen LogP contribution in [0.4, 0.5) is 18.9 Å². The highest BCUT2D eigenvalue weighted by atomic mass is 32.2. The highest BCUT2D eigenvalue weighted by Crippen LogP contribution is 2.20. The minimum Gasteiger partial charge on any atom is -0.323 e. The molecular weight excluding hydrogens is 259 g/mol. The molecule has 0 fully saturated rings. The van der Waals surface area contributed by atoms with Crippen LogP contribution in [0, 0.1) is 0 Å². The maximum absolute atomic E-state index is 11.9. The Bertz CT molecular complexity index is 487. The van der Waals surface area contributed by atoms with Gasteiger partial charge in [-0.15, -0.1) is 0 Å². The van der Waals surface area contributed by atoms with E-state index in [0.29, 0.717) is 0 Å². The number of para-hydroxylation sites is 1. The Hall–Kier alpha value is -1.32. The monoisotopic (exact) mass is 269 g/mol. The smallest absolute Gasteiger partial charge is 0.323 e. The molecule has 1 rings (SSSR count). The van der Waals surface area contributed by atoms with Crippen molar-refractivity contribution in [3.8, 4) is 0 Å². The molecule has 0 heterocycles. The Morgan fingerprint density at radius 2 is 1.82 bits per heavy atom. The lowest BCUT2D eigenvalue weighted by atomic mass is 10.3. The van der Waals surface area contributed by atoms with Gasteiger partial charge in [0.1, 0.15) is 11.4 Å². The van der Waals surface area contributed by atoms with E-state index in [4.69, 9.17) is 5.84 Å². The number of hydrogen-bond acceptors (Lipinski definition) is 4. The average Bonchev–Trinajstić information content (AvgIpc) is 2.26. The van der Waals surface area contributed by atoms with Crippen LogP contribution in [0.25, 0.3) is 0 Å². The van der Waals surface area contributed by atoms with Gasteiger partial charge >= 0.3 is 6.18 Å². The summed E-state index contributed by atoms with van der Waals surface area (Å²) in [5.41, 5.74) is 2.11. The summed E-state index contributed by atoms with van der Waals surface area (Å²) in [5, 5.41) is 0. The number of rotatable bonds is 4. The Labute approximate surface area is 95.8 Å². The van der Waals surface area contributed by atoms with Crippen LogP contribution >= 0.6 is 0 Å². The van der Waals surface area contributed by atoms with Crippen LogP contribution < -0.4 is 16.0 Å². The first kappa shape index (κ1) is 13.7. The Morgan fingerprint density at radius 1 is 1.24 bits per heavy atom. The Balaban J connectivity index is 2.98. The minimum absolute atomic E-state index is 0.0159. The maximum Gasteiger partial charge on any atom is 0.402 e. The molecule has 0 bridgehead atoms. The topological polar surface area (TPSA) is 84.2 Å². The zero-order chi connectivity index (χ0) is 13.1. The number of halogens is 3. The van der Waals surface area contributed by atoms with E-state index >= 15 is 0 Å². The van der Waals surface area contributed by atoms with E-state index < -0.39 is 22.7 Å². The highest BCUT2D eigenvalue weighted by Gasteiger charge is 2.30. The van der Waals surface area contributed by atoms with Crippen LogP contribution in [0.15, 0.2) is 29.2 Å². The zero-order valence-electron chi connectivity index (χ0n) is 8.45. The summed E-state index contributed by atoms with van der Waals surface area (Å²) in [6.07, 6.45) is -4.61. The van der Waals surface area contributed by atoms with Gasteiger partial charge in [0, 0.05) is 0 Å². The third-order valence-electron chi connectivity index (χ3n) is 1.79. The lowest BCUT2D eigenvalue weighted by molar-refractivity contribution is -0.121. The molecular formula is C8H10F3N3O2S. The highest BCUT2D eigenvalue weighted by molar-refractivity contribution is 7.89. The number of sulfonamides is 1. The van der Waals surface area contributed by atoms with Gasteiger partial charge in [0.15, 0.2) is 0 Å². The van der Waals surface area contributed by atoms with E-state index in [1.165, 1.54) is 22.9 Å². The first-order valence-corrected chi connectivity index (χ1v) is 5.86. The van der Waals surface area contributed by atoms with Gasteiger partial charge in [-0.3, -0.25) is 5.84 Å². The second kappa shape index (κ2) is 4.90. The fourth-order valence-electron chi connectivity index (χ4n) is 1.07. The van der Waals surface area contributed by atoms with Gasteiger partial charge in [-0.1, -0.05) is 12.1 Å². The van der Waals surface area contributed by atoms with Crippen LogP contribution in [-0.2, 0) is 10.0 Å². The van der Waals surface area contributed by atoms with E-state index in [1.807, 2.05) is 0 Å². The summed E-state index contributed by atoms with van der Waals surface area (Å²) in [7, 11) is -4.25. The second-order valence-corrected chi connectivity index (χ2v) is 4.82. The maximum atomic E-state index is 11.9. The Morgan fingerprint density at radius 3 is 2.35 bits per heavy atom. The molecule has 4 N–H and O–H groups in total. The van der Waals surface area contributed by atoms with Crippen molar-refractivity contribution in [2.24, 2.45) is 5.84 Å².